The predicted molar refractivity (Wildman–Crippen MR) is 59.3 cm³/mol. The molecule has 1 fully saturated rings. The zero-order valence-electron chi connectivity index (χ0n) is 9.24. The highest BCUT2D eigenvalue weighted by atomic mass is 19.4. The molecule has 0 spiro atoms. The zero-order chi connectivity index (χ0) is 12.3. The average molecular weight is 245 g/mol. The van der Waals surface area contributed by atoms with E-state index in [-0.39, 0.29) is 12.5 Å². The number of hydrogen-bond donors (Lipinski definition) is 0. The number of halogens is 3. The molecule has 0 N–H and O–H groups in total. The van der Waals surface area contributed by atoms with E-state index in [1.54, 1.807) is 0 Å². The maximum absolute atomic E-state index is 12.4. The third-order valence-electron chi connectivity index (χ3n) is 2.60. The van der Waals surface area contributed by atoms with Crippen molar-refractivity contribution in [2.24, 2.45) is 5.92 Å². The van der Waals surface area contributed by atoms with E-state index in [2.05, 4.69) is 0 Å². The Balaban J connectivity index is 1.82. The molecule has 6 heteroatoms. The second-order valence-corrected chi connectivity index (χ2v) is 4.22. The van der Waals surface area contributed by atoms with E-state index in [0.29, 0.717) is 12.5 Å². The SMILES string of the molecule is F[B-](F)(F)c1cccc(OCOCC2CC2)c1. The average Bonchev–Trinajstić information content (AvgIpc) is 3.08. The molecule has 0 atom stereocenters. The van der Waals surface area contributed by atoms with Crippen LogP contribution in [0.3, 0.4) is 0 Å². The predicted octanol–water partition coefficient (Wildman–Crippen LogP) is 2.50. The molecule has 2 rings (SSSR count). The normalized spacial score (nSPS) is 15.9. The molecule has 0 aliphatic heterocycles. The highest BCUT2D eigenvalue weighted by Crippen LogP contribution is 2.28. The van der Waals surface area contributed by atoms with Crippen LogP contribution in [0.15, 0.2) is 24.3 Å². The Morgan fingerprint density at radius 3 is 2.65 bits per heavy atom. The van der Waals surface area contributed by atoms with Crippen molar-refractivity contribution < 1.29 is 22.4 Å². The van der Waals surface area contributed by atoms with Gasteiger partial charge in [-0.15, -0.1) is 5.46 Å². The summed E-state index contributed by atoms with van der Waals surface area (Å²) in [6, 6.07) is 4.87. The summed E-state index contributed by atoms with van der Waals surface area (Å²) in [6.07, 6.45) is 2.35. The second-order valence-electron chi connectivity index (χ2n) is 4.22. The first kappa shape index (κ1) is 12.3. The minimum atomic E-state index is -4.97. The van der Waals surface area contributed by atoms with E-state index in [0.717, 1.165) is 12.1 Å². The van der Waals surface area contributed by atoms with Crippen LogP contribution in [0.4, 0.5) is 12.9 Å². The van der Waals surface area contributed by atoms with E-state index in [1.807, 2.05) is 0 Å². The fourth-order valence-electron chi connectivity index (χ4n) is 1.42. The first-order valence-corrected chi connectivity index (χ1v) is 5.56. The van der Waals surface area contributed by atoms with Crippen molar-refractivity contribution >= 4 is 12.4 Å². The standard InChI is InChI=1S/C11H13BF3O2/c13-12(14,15)10-2-1-3-11(6-10)17-8-16-7-9-4-5-9/h1-3,6,9H,4-5,7-8H2/q-1. The number of hydrogen-bond acceptors (Lipinski definition) is 2. The molecule has 0 amide bonds. The fourth-order valence-corrected chi connectivity index (χ4v) is 1.42. The van der Waals surface area contributed by atoms with Crippen molar-refractivity contribution in [1.29, 1.82) is 0 Å². The van der Waals surface area contributed by atoms with Gasteiger partial charge in [-0.1, -0.05) is 12.1 Å². The lowest BCUT2D eigenvalue weighted by Gasteiger charge is -2.16. The molecule has 0 unspecified atom stereocenters. The molecular formula is C11H13BF3O2-. The molecule has 0 radical (unpaired) electrons. The highest BCUT2D eigenvalue weighted by Gasteiger charge is 2.25. The Hall–Kier alpha value is -1.17. The highest BCUT2D eigenvalue weighted by molar-refractivity contribution is 6.73. The molecule has 0 bridgehead atoms. The molecule has 1 saturated carbocycles. The lowest BCUT2D eigenvalue weighted by Crippen LogP contribution is -2.33. The van der Waals surface area contributed by atoms with Crippen LogP contribution in [0.5, 0.6) is 5.75 Å². The van der Waals surface area contributed by atoms with Gasteiger partial charge in [0.05, 0.1) is 6.61 Å². The van der Waals surface area contributed by atoms with E-state index < -0.39 is 12.4 Å². The monoisotopic (exact) mass is 245 g/mol. The Morgan fingerprint density at radius 2 is 2.00 bits per heavy atom. The van der Waals surface area contributed by atoms with Gasteiger partial charge in [-0.25, -0.2) is 0 Å². The summed E-state index contributed by atoms with van der Waals surface area (Å²) in [7, 11) is 0. The van der Waals surface area contributed by atoms with Crippen LogP contribution in [0.25, 0.3) is 0 Å². The van der Waals surface area contributed by atoms with E-state index in [1.165, 1.54) is 25.0 Å². The van der Waals surface area contributed by atoms with Gasteiger partial charge in [0, 0.05) is 0 Å². The Labute approximate surface area is 97.8 Å². The Bertz CT molecular complexity index is 377. The summed E-state index contributed by atoms with van der Waals surface area (Å²) >= 11 is 0. The van der Waals surface area contributed by atoms with Crippen LogP contribution in [-0.2, 0) is 4.74 Å². The summed E-state index contributed by atoms with van der Waals surface area (Å²) in [4.78, 5) is 0. The van der Waals surface area contributed by atoms with Crippen molar-refractivity contribution in [1.82, 2.24) is 0 Å². The maximum Gasteiger partial charge on any atom is 0.509 e. The van der Waals surface area contributed by atoms with Crippen LogP contribution >= 0.6 is 0 Å². The van der Waals surface area contributed by atoms with E-state index >= 15 is 0 Å². The van der Waals surface area contributed by atoms with Crippen molar-refractivity contribution in [3.05, 3.63) is 24.3 Å². The van der Waals surface area contributed by atoms with Crippen LogP contribution in [0.2, 0.25) is 0 Å². The molecule has 1 aliphatic carbocycles. The summed E-state index contributed by atoms with van der Waals surface area (Å²) in [6.45, 7) is -4.34. The molecule has 1 aromatic rings. The van der Waals surface area contributed by atoms with Crippen molar-refractivity contribution in [2.75, 3.05) is 13.4 Å². The lowest BCUT2D eigenvalue weighted by atomic mass is 9.80. The van der Waals surface area contributed by atoms with Gasteiger partial charge in [-0.05, 0) is 30.9 Å². The quantitative estimate of drug-likeness (QED) is 0.435. The van der Waals surface area contributed by atoms with E-state index in [9.17, 15) is 12.9 Å². The first-order chi connectivity index (χ1) is 8.05. The van der Waals surface area contributed by atoms with Gasteiger partial charge in [0.25, 0.3) is 0 Å². The van der Waals surface area contributed by atoms with Crippen LogP contribution in [0.1, 0.15) is 12.8 Å². The largest absolute Gasteiger partial charge is 0.509 e. The molecule has 17 heavy (non-hydrogen) atoms. The van der Waals surface area contributed by atoms with Gasteiger partial charge < -0.3 is 22.4 Å². The molecule has 0 heterocycles. The van der Waals surface area contributed by atoms with Crippen LogP contribution < -0.4 is 10.2 Å². The molecule has 1 aliphatic rings. The molecule has 0 saturated heterocycles. The summed E-state index contributed by atoms with van der Waals surface area (Å²) < 4.78 is 47.6. The van der Waals surface area contributed by atoms with Gasteiger partial charge >= 0.3 is 6.98 Å². The topological polar surface area (TPSA) is 18.5 Å². The lowest BCUT2D eigenvalue weighted by molar-refractivity contribution is 0.0100. The molecule has 94 valence electrons. The van der Waals surface area contributed by atoms with E-state index in [4.69, 9.17) is 9.47 Å². The van der Waals surface area contributed by atoms with Gasteiger partial charge in [-0.3, -0.25) is 0 Å². The summed E-state index contributed by atoms with van der Waals surface area (Å²) in [5.41, 5.74) is -0.648. The van der Waals surface area contributed by atoms with Crippen molar-refractivity contribution in [3.8, 4) is 5.75 Å². The third kappa shape index (κ3) is 3.96. The minimum Gasteiger partial charge on any atom is -0.468 e. The summed E-state index contributed by atoms with van der Waals surface area (Å²) in [5, 5.41) is 0. The molecule has 1 aromatic carbocycles. The fraction of sp³-hybridized carbons (Fsp3) is 0.455. The van der Waals surface area contributed by atoms with Gasteiger partial charge in [0.1, 0.15) is 5.75 Å². The van der Waals surface area contributed by atoms with Crippen LogP contribution in [0, 0.1) is 5.92 Å². The van der Waals surface area contributed by atoms with Crippen molar-refractivity contribution in [2.45, 2.75) is 12.8 Å². The van der Waals surface area contributed by atoms with Gasteiger partial charge in [-0.2, -0.15) is 0 Å². The van der Waals surface area contributed by atoms with Crippen LogP contribution in [-0.4, -0.2) is 20.4 Å². The minimum absolute atomic E-state index is 0.00477. The smallest absolute Gasteiger partial charge is 0.468 e. The molecule has 2 nitrogen and oxygen atoms in total. The van der Waals surface area contributed by atoms with Crippen molar-refractivity contribution in [3.63, 3.8) is 0 Å². The van der Waals surface area contributed by atoms with Gasteiger partial charge in [0.15, 0.2) is 6.79 Å². The third-order valence-corrected chi connectivity index (χ3v) is 2.60. The maximum atomic E-state index is 12.4. The number of rotatable bonds is 6. The zero-order valence-corrected chi connectivity index (χ0v) is 9.24. The second kappa shape index (κ2) is 5.00. The summed E-state index contributed by atoms with van der Waals surface area (Å²) in [5.74, 6) is 0.806. The Morgan fingerprint density at radius 1 is 1.24 bits per heavy atom. The molecule has 0 aromatic heterocycles. The first-order valence-electron chi connectivity index (χ1n) is 5.56. The molecular weight excluding hydrogens is 232 g/mol. The number of benzene rings is 1. The number of ether oxygens (including phenoxy) is 2. The van der Waals surface area contributed by atoms with Gasteiger partial charge in [0.2, 0.25) is 0 Å². The Kier molecular flexibility index (Phi) is 3.62.